The summed E-state index contributed by atoms with van der Waals surface area (Å²) in [7, 11) is 2.75. The van der Waals surface area contributed by atoms with Gasteiger partial charge in [-0.05, 0) is 6.08 Å². The number of methoxy groups -OCH3 is 2. The SMILES string of the molecule is COc1cc(OC)nc(C(=O)C2(Cl)C=CC(Cl)=C(C(=O)O)C2)n1.[NaH]. The van der Waals surface area contributed by atoms with Crippen molar-refractivity contribution in [2.24, 2.45) is 0 Å². The van der Waals surface area contributed by atoms with E-state index in [0.29, 0.717) is 0 Å². The topological polar surface area (TPSA) is 98.6 Å². The van der Waals surface area contributed by atoms with Gasteiger partial charge in [0.25, 0.3) is 0 Å². The summed E-state index contributed by atoms with van der Waals surface area (Å²) in [6.07, 6.45) is 2.30. The Hall–Kier alpha value is -1.12. The molecule has 0 aromatic carbocycles. The van der Waals surface area contributed by atoms with Gasteiger partial charge in [-0.25, -0.2) is 4.79 Å². The van der Waals surface area contributed by atoms with Crippen LogP contribution in [0.2, 0.25) is 0 Å². The van der Waals surface area contributed by atoms with E-state index in [1.165, 1.54) is 32.4 Å². The van der Waals surface area contributed by atoms with Crippen LogP contribution in [0.4, 0.5) is 0 Å². The first kappa shape index (κ1) is 20.9. The Kier molecular flexibility index (Phi) is 7.25. The van der Waals surface area contributed by atoms with E-state index >= 15 is 0 Å². The van der Waals surface area contributed by atoms with Crippen molar-refractivity contribution in [3.8, 4) is 11.8 Å². The van der Waals surface area contributed by atoms with Crippen molar-refractivity contribution >= 4 is 64.5 Å². The molecule has 24 heavy (non-hydrogen) atoms. The molecule has 0 fully saturated rings. The van der Waals surface area contributed by atoms with Crippen LogP contribution in [-0.2, 0) is 4.79 Å². The Morgan fingerprint density at radius 3 is 2.25 bits per heavy atom. The minimum absolute atomic E-state index is 0. The Morgan fingerprint density at radius 1 is 1.25 bits per heavy atom. The van der Waals surface area contributed by atoms with E-state index in [1.807, 2.05) is 0 Å². The molecule has 0 amide bonds. The Morgan fingerprint density at radius 2 is 1.79 bits per heavy atom. The number of ketones is 1. The van der Waals surface area contributed by atoms with Crippen LogP contribution in [0.5, 0.6) is 11.8 Å². The van der Waals surface area contributed by atoms with Gasteiger partial charge in [-0.1, -0.05) is 17.7 Å². The number of rotatable bonds is 5. The summed E-state index contributed by atoms with van der Waals surface area (Å²) in [6, 6.07) is 1.40. The fraction of sp³-hybridized carbons (Fsp3) is 0.286. The van der Waals surface area contributed by atoms with Crippen molar-refractivity contribution in [2.75, 3.05) is 14.2 Å². The van der Waals surface area contributed by atoms with Gasteiger partial charge < -0.3 is 14.6 Å². The molecule has 2 rings (SSSR count). The number of carbonyl (C=O) groups excluding carboxylic acids is 1. The molecule has 1 unspecified atom stereocenters. The normalized spacial score (nSPS) is 19.5. The van der Waals surface area contributed by atoms with Gasteiger partial charge in [-0.3, -0.25) is 4.79 Å². The summed E-state index contributed by atoms with van der Waals surface area (Å²) < 4.78 is 9.95. The number of nitrogens with zero attached hydrogens (tertiary/aromatic N) is 2. The van der Waals surface area contributed by atoms with Crippen molar-refractivity contribution in [1.82, 2.24) is 9.97 Å². The molecular formula is C14H13Cl2N2NaO5. The molecule has 1 aliphatic rings. The van der Waals surface area contributed by atoms with E-state index in [9.17, 15) is 9.59 Å². The molecule has 1 aromatic heterocycles. The van der Waals surface area contributed by atoms with Crippen molar-refractivity contribution in [3.63, 3.8) is 0 Å². The number of aliphatic carboxylic acids is 1. The fourth-order valence-electron chi connectivity index (χ4n) is 1.94. The number of carboxylic acids is 1. The van der Waals surface area contributed by atoms with Crippen LogP contribution < -0.4 is 9.47 Å². The molecule has 0 saturated heterocycles. The second-order valence-electron chi connectivity index (χ2n) is 4.61. The third-order valence-corrected chi connectivity index (χ3v) is 3.94. The number of Topliss-reactive ketones (excluding diaryl/α,β-unsaturated/α-hetero) is 1. The van der Waals surface area contributed by atoms with Crippen molar-refractivity contribution in [2.45, 2.75) is 11.3 Å². The summed E-state index contributed by atoms with van der Waals surface area (Å²) in [5, 5.41) is 9.16. The Labute approximate surface area is 169 Å². The van der Waals surface area contributed by atoms with E-state index in [0.717, 1.165) is 0 Å². The monoisotopic (exact) mass is 382 g/mol. The maximum atomic E-state index is 12.7. The molecule has 0 saturated carbocycles. The van der Waals surface area contributed by atoms with Crippen LogP contribution in [0.1, 0.15) is 17.0 Å². The number of halogens is 2. The second kappa shape index (κ2) is 8.31. The van der Waals surface area contributed by atoms with Crippen molar-refractivity contribution < 1.29 is 24.2 Å². The van der Waals surface area contributed by atoms with Crippen LogP contribution in [-0.4, -0.2) is 75.5 Å². The molecule has 1 aliphatic carbocycles. The Bertz CT molecular complexity index is 716. The first-order chi connectivity index (χ1) is 10.8. The fourth-order valence-corrected chi connectivity index (χ4v) is 2.43. The standard InChI is InChI=1S/C14H12Cl2N2O5.Na.H/c1-22-9-5-10(23-2)18-12(17-9)11(19)14(16)4-3-8(15)7(6-14)13(20)21;;/h3-5H,6H2,1-2H3,(H,20,21);;. The molecule has 7 nitrogen and oxygen atoms in total. The second-order valence-corrected chi connectivity index (χ2v) is 5.69. The predicted molar refractivity (Wildman–Crippen MR) is 89.5 cm³/mol. The summed E-state index contributed by atoms with van der Waals surface area (Å²) in [5.74, 6) is -1.94. The molecule has 0 spiro atoms. The van der Waals surface area contributed by atoms with Gasteiger partial charge in [0.1, 0.15) is 4.87 Å². The van der Waals surface area contributed by atoms with Gasteiger partial charge in [-0.15, -0.1) is 11.6 Å². The zero-order valence-electron chi connectivity index (χ0n) is 12.2. The summed E-state index contributed by atoms with van der Waals surface area (Å²) in [6.45, 7) is 0. The van der Waals surface area contributed by atoms with Crippen LogP contribution in [0.3, 0.4) is 0 Å². The van der Waals surface area contributed by atoms with Gasteiger partial charge in [0.05, 0.1) is 30.9 Å². The van der Waals surface area contributed by atoms with Crippen molar-refractivity contribution in [3.05, 3.63) is 34.6 Å². The maximum absolute atomic E-state index is 12.7. The quantitative estimate of drug-likeness (QED) is 0.468. The third-order valence-electron chi connectivity index (χ3n) is 3.15. The molecule has 0 radical (unpaired) electrons. The van der Waals surface area contributed by atoms with Gasteiger partial charge >= 0.3 is 35.5 Å². The third kappa shape index (κ3) is 4.29. The zero-order chi connectivity index (χ0) is 17.2. The molecule has 10 heteroatoms. The van der Waals surface area contributed by atoms with E-state index in [4.69, 9.17) is 37.8 Å². The first-order valence-corrected chi connectivity index (χ1v) is 7.08. The molecule has 1 N–H and O–H groups in total. The zero-order valence-corrected chi connectivity index (χ0v) is 13.7. The van der Waals surface area contributed by atoms with E-state index < -0.39 is 16.6 Å². The van der Waals surface area contributed by atoms with Gasteiger partial charge in [0.15, 0.2) is 0 Å². The molecule has 1 heterocycles. The number of allylic oxidation sites excluding steroid dienone is 3. The molecule has 1 aromatic rings. The van der Waals surface area contributed by atoms with Crippen LogP contribution in [0.15, 0.2) is 28.8 Å². The van der Waals surface area contributed by atoms with Crippen LogP contribution in [0, 0.1) is 0 Å². The van der Waals surface area contributed by atoms with E-state index in [-0.39, 0.29) is 64.2 Å². The number of aromatic nitrogens is 2. The Balaban J connectivity index is 0.00000288. The number of carboxylic acid groups (broad SMARTS) is 1. The minimum atomic E-state index is -1.65. The summed E-state index contributed by atoms with van der Waals surface area (Å²) in [4.78, 5) is 30.1. The number of hydrogen-bond donors (Lipinski definition) is 1. The number of ether oxygens (including phenoxy) is 2. The number of hydrogen-bond acceptors (Lipinski definition) is 6. The van der Waals surface area contributed by atoms with Crippen LogP contribution in [0.25, 0.3) is 0 Å². The average molecular weight is 383 g/mol. The molecular weight excluding hydrogens is 370 g/mol. The molecule has 124 valence electrons. The molecule has 0 aliphatic heterocycles. The van der Waals surface area contributed by atoms with Crippen LogP contribution >= 0.6 is 23.2 Å². The molecule has 1 atom stereocenters. The van der Waals surface area contributed by atoms with E-state index in [2.05, 4.69) is 9.97 Å². The summed E-state index contributed by atoms with van der Waals surface area (Å²) >= 11 is 12.1. The van der Waals surface area contributed by atoms with Gasteiger partial charge in [0, 0.05) is 6.42 Å². The average Bonchev–Trinajstić information content (AvgIpc) is 2.55. The van der Waals surface area contributed by atoms with Crippen molar-refractivity contribution in [1.29, 1.82) is 0 Å². The summed E-state index contributed by atoms with van der Waals surface area (Å²) in [5.41, 5.74) is -0.160. The number of carbonyl (C=O) groups is 2. The number of alkyl halides is 1. The van der Waals surface area contributed by atoms with E-state index in [1.54, 1.807) is 0 Å². The predicted octanol–water partition coefficient (Wildman–Crippen LogP) is 1.54. The van der Waals surface area contributed by atoms with Gasteiger partial charge in [0.2, 0.25) is 23.4 Å². The van der Waals surface area contributed by atoms with Gasteiger partial charge in [-0.2, -0.15) is 9.97 Å². The molecule has 0 bridgehead atoms. The first-order valence-electron chi connectivity index (χ1n) is 6.32.